The molecule has 0 aliphatic carbocycles. The van der Waals surface area contributed by atoms with Gasteiger partial charge >= 0.3 is 5.97 Å². The van der Waals surface area contributed by atoms with Crippen LogP contribution < -0.4 is 0 Å². The van der Waals surface area contributed by atoms with E-state index < -0.39 is 11.9 Å². The van der Waals surface area contributed by atoms with Gasteiger partial charge in [0, 0.05) is 5.02 Å². The van der Waals surface area contributed by atoms with Crippen LogP contribution in [-0.2, 0) is 11.4 Å². The Balaban J connectivity index is 3.05. The molecule has 0 amide bonds. The zero-order chi connectivity index (χ0) is 10.7. The molecule has 0 saturated carbocycles. The molecule has 1 aromatic carbocycles. The van der Waals surface area contributed by atoms with E-state index in [4.69, 9.17) is 21.8 Å². The van der Waals surface area contributed by atoms with Gasteiger partial charge in [-0.25, -0.2) is 0 Å². The molecule has 0 aliphatic heterocycles. The predicted molar refractivity (Wildman–Crippen MR) is 53.4 cm³/mol. The summed E-state index contributed by atoms with van der Waals surface area (Å²) in [6.45, 7) is 1.48. The maximum Gasteiger partial charge on any atom is 0.310 e. The Kier molecular flexibility index (Phi) is 3.49. The molecule has 1 aromatic rings. The van der Waals surface area contributed by atoms with Crippen molar-refractivity contribution >= 4 is 17.6 Å². The lowest BCUT2D eigenvalue weighted by Gasteiger charge is -2.09. The van der Waals surface area contributed by atoms with Gasteiger partial charge in [-0.15, -0.1) is 0 Å². The molecule has 3 nitrogen and oxygen atoms in total. The zero-order valence-electron chi connectivity index (χ0n) is 7.70. The highest BCUT2D eigenvalue weighted by molar-refractivity contribution is 6.31. The summed E-state index contributed by atoms with van der Waals surface area (Å²) in [4.78, 5) is 10.7. The molecule has 0 fully saturated rings. The van der Waals surface area contributed by atoms with Gasteiger partial charge < -0.3 is 10.2 Å². The number of aliphatic hydroxyl groups is 1. The standard InChI is InChI=1S/C10H11ClO3/c1-6(10(13)14)8-3-2-7(5-12)4-9(8)11/h2-4,6,12H,5H2,1H3,(H,13,14). The molecule has 76 valence electrons. The summed E-state index contributed by atoms with van der Waals surface area (Å²) in [6, 6.07) is 4.88. The topological polar surface area (TPSA) is 57.5 Å². The molecule has 1 unspecified atom stereocenters. The Morgan fingerprint density at radius 1 is 1.57 bits per heavy atom. The average molecular weight is 215 g/mol. The molecule has 14 heavy (non-hydrogen) atoms. The van der Waals surface area contributed by atoms with E-state index in [0.717, 1.165) is 0 Å². The number of carboxylic acids is 1. The third kappa shape index (κ3) is 2.25. The molecule has 0 aromatic heterocycles. The van der Waals surface area contributed by atoms with Crippen molar-refractivity contribution in [1.82, 2.24) is 0 Å². The highest BCUT2D eigenvalue weighted by Crippen LogP contribution is 2.25. The van der Waals surface area contributed by atoms with Crippen molar-refractivity contribution in [1.29, 1.82) is 0 Å². The molecule has 1 rings (SSSR count). The van der Waals surface area contributed by atoms with Crippen LogP contribution in [0, 0.1) is 0 Å². The monoisotopic (exact) mass is 214 g/mol. The van der Waals surface area contributed by atoms with Crippen LogP contribution in [0.1, 0.15) is 24.0 Å². The summed E-state index contributed by atoms with van der Waals surface area (Å²) >= 11 is 5.87. The fraction of sp³-hybridized carbons (Fsp3) is 0.300. The van der Waals surface area contributed by atoms with Gasteiger partial charge in [-0.3, -0.25) is 4.79 Å². The van der Waals surface area contributed by atoms with Gasteiger partial charge in [-0.2, -0.15) is 0 Å². The molecule has 0 spiro atoms. The van der Waals surface area contributed by atoms with Gasteiger partial charge in [0.1, 0.15) is 0 Å². The smallest absolute Gasteiger partial charge is 0.310 e. The first-order valence-corrected chi connectivity index (χ1v) is 4.56. The number of carboxylic acid groups (broad SMARTS) is 1. The molecule has 4 heteroatoms. The minimum atomic E-state index is -0.913. The van der Waals surface area contributed by atoms with Crippen LogP contribution in [0.15, 0.2) is 18.2 Å². The van der Waals surface area contributed by atoms with Crippen molar-refractivity contribution in [2.75, 3.05) is 0 Å². The first kappa shape index (κ1) is 11.0. The van der Waals surface area contributed by atoms with E-state index in [1.54, 1.807) is 25.1 Å². The van der Waals surface area contributed by atoms with E-state index >= 15 is 0 Å². The number of aliphatic carboxylic acids is 1. The molecular formula is C10H11ClO3. The summed E-state index contributed by atoms with van der Waals surface area (Å²) in [5.74, 6) is -1.54. The molecule has 0 bridgehead atoms. The van der Waals surface area contributed by atoms with Crippen LogP contribution in [0.25, 0.3) is 0 Å². The van der Waals surface area contributed by atoms with Crippen molar-refractivity contribution in [3.63, 3.8) is 0 Å². The zero-order valence-corrected chi connectivity index (χ0v) is 8.45. The van der Waals surface area contributed by atoms with Crippen LogP contribution in [0.2, 0.25) is 5.02 Å². The lowest BCUT2D eigenvalue weighted by atomic mass is 10.00. The van der Waals surface area contributed by atoms with Gasteiger partial charge in [-0.05, 0) is 24.1 Å². The van der Waals surface area contributed by atoms with E-state index in [1.165, 1.54) is 0 Å². The summed E-state index contributed by atoms with van der Waals surface area (Å²) in [5, 5.41) is 18.0. The number of rotatable bonds is 3. The second kappa shape index (κ2) is 4.44. The Hall–Kier alpha value is -1.06. The fourth-order valence-electron chi connectivity index (χ4n) is 1.15. The fourth-order valence-corrected chi connectivity index (χ4v) is 1.52. The van der Waals surface area contributed by atoms with Crippen molar-refractivity contribution in [3.8, 4) is 0 Å². The lowest BCUT2D eigenvalue weighted by Crippen LogP contribution is -2.08. The Morgan fingerprint density at radius 2 is 2.21 bits per heavy atom. The quantitative estimate of drug-likeness (QED) is 0.810. The molecule has 0 radical (unpaired) electrons. The Morgan fingerprint density at radius 3 is 2.64 bits per heavy atom. The van der Waals surface area contributed by atoms with E-state index in [-0.39, 0.29) is 6.61 Å². The number of carbonyl (C=O) groups is 1. The lowest BCUT2D eigenvalue weighted by molar-refractivity contribution is -0.138. The number of hydrogen-bond donors (Lipinski definition) is 2. The van der Waals surface area contributed by atoms with Crippen molar-refractivity contribution in [3.05, 3.63) is 34.3 Å². The number of benzene rings is 1. The highest BCUT2D eigenvalue weighted by atomic mass is 35.5. The molecule has 0 saturated heterocycles. The summed E-state index contributed by atoms with van der Waals surface area (Å²) in [5.41, 5.74) is 1.24. The summed E-state index contributed by atoms with van der Waals surface area (Å²) in [6.07, 6.45) is 0. The maximum absolute atomic E-state index is 10.7. The van der Waals surface area contributed by atoms with E-state index in [9.17, 15) is 4.79 Å². The van der Waals surface area contributed by atoms with Crippen LogP contribution in [-0.4, -0.2) is 16.2 Å². The highest BCUT2D eigenvalue weighted by Gasteiger charge is 2.16. The summed E-state index contributed by atoms with van der Waals surface area (Å²) < 4.78 is 0. The second-order valence-corrected chi connectivity index (χ2v) is 3.48. The first-order chi connectivity index (χ1) is 6.56. The first-order valence-electron chi connectivity index (χ1n) is 4.18. The maximum atomic E-state index is 10.7. The Bertz CT molecular complexity index is 349. The van der Waals surface area contributed by atoms with E-state index in [1.807, 2.05) is 0 Å². The van der Waals surface area contributed by atoms with Crippen molar-refractivity contribution < 1.29 is 15.0 Å². The third-order valence-corrected chi connectivity index (χ3v) is 2.41. The van der Waals surface area contributed by atoms with Gasteiger partial charge in [-0.1, -0.05) is 23.7 Å². The number of aliphatic hydroxyl groups excluding tert-OH is 1. The minimum absolute atomic E-state index is 0.0958. The van der Waals surface area contributed by atoms with Crippen molar-refractivity contribution in [2.45, 2.75) is 19.4 Å². The molecule has 1 atom stereocenters. The second-order valence-electron chi connectivity index (χ2n) is 3.07. The van der Waals surface area contributed by atoms with Crippen molar-refractivity contribution in [2.24, 2.45) is 0 Å². The van der Waals surface area contributed by atoms with Crippen LogP contribution in [0.3, 0.4) is 0 Å². The third-order valence-electron chi connectivity index (χ3n) is 2.08. The van der Waals surface area contributed by atoms with E-state index in [0.29, 0.717) is 16.1 Å². The predicted octanol–water partition coefficient (Wildman–Crippen LogP) is 2.02. The minimum Gasteiger partial charge on any atom is -0.481 e. The molecule has 0 heterocycles. The molecule has 0 aliphatic rings. The SMILES string of the molecule is CC(C(=O)O)c1ccc(CO)cc1Cl. The largest absolute Gasteiger partial charge is 0.481 e. The van der Waals surface area contributed by atoms with E-state index in [2.05, 4.69) is 0 Å². The Labute approximate surface area is 86.9 Å². The average Bonchev–Trinajstić information content (AvgIpc) is 2.16. The number of halogens is 1. The van der Waals surface area contributed by atoms with Crippen LogP contribution >= 0.6 is 11.6 Å². The van der Waals surface area contributed by atoms with Gasteiger partial charge in [0.05, 0.1) is 12.5 Å². The summed E-state index contributed by atoms with van der Waals surface area (Å²) in [7, 11) is 0. The molecule has 2 N–H and O–H groups in total. The van der Waals surface area contributed by atoms with Crippen LogP contribution in [0.4, 0.5) is 0 Å². The molecular weight excluding hydrogens is 204 g/mol. The van der Waals surface area contributed by atoms with Gasteiger partial charge in [0.15, 0.2) is 0 Å². The normalized spacial score (nSPS) is 12.5. The van der Waals surface area contributed by atoms with Crippen LogP contribution in [0.5, 0.6) is 0 Å². The number of hydrogen-bond acceptors (Lipinski definition) is 2. The van der Waals surface area contributed by atoms with Gasteiger partial charge in [0.25, 0.3) is 0 Å². The van der Waals surface area contributed by atoms with Gasteiger partial charge in [0.2, 0.25) is 0 Å².